The van der Waals surface area contributed by atoms with Crippen molar-refractivity contribution in [1.29, 1.82) is 0 Å². The predicted molar refractivity (Wildman–Crippen MR) is 126 cm³/mol. The van der Waals surface area contributed by atoms with Gasteiger partial charge in [-0.3, -0.25) is 4.72 Å². The first kappa shape index (κ1) is 28.1. The number of sulfonamides is 1. The molecular weight excluding hydrogens is 579 g/mol. The Morgan fingerprint density at radius 3 is 2.23 bits per heavy atom. The minimum atomic E-state index is -5.08. The summed E-state index contributed by atoms with van der Waals surface area (Å²) in [5.74, 6) is -3.70. The highest BCUT2D eigenvalue weighted by Crippen LogP contribution is 2.29. The number of carboxylic acids is 2. The Balaban J connectivity index is 0.000000540. The Hall–Kier alpha value is -3.17. The van der Waals surface area contributed by atoms with Crippen LogP contribution in [0.4, 0.5) is 24.7 Å². The maximum absolute atomic E-state index is 12.4. The largest absolute Gasteiger partial charge is 0.490 e. The Bertz CT molecular complexity index is 1300. The number of nitrogens with one attached hydrogen (secondary N) is 1. The van der Waals surface area contributed by atoms with Crippen LogP contribution < -0.4 is 9.62 Å². The van der Waals surface area contributed by atoms with Crippen LogP contribution in [0, 0.1) is 0 Å². The molecule has 0 aliphatic rings. The highest BCUT2D eigenvalue weighted by atomic mass is 79.9. The van der Waals surface area contributed by atoms with Gasteiger partial charge in [0.1, 0.15) is 15.6 Å². The number of carboxylic acid groups (broad SMARTS) is 2. The molecule has 0 aliphatic heterocycles. The molecule has 0 atom stereocenters. The molecule has 0 spiro atoms. The zero-order valence-electron chi connectivity index (χ0n) is 17.7. The van der Waals surface area contributed by atoms with E-state index >= 15 is 0 Å². The first-order valence-corrected chi connectivity index (χ1v) is 12.4. The van der Waals surface area contributed by atoms with Crippen LogP contribution in [-0.2, 0) is 21.4 Å². The van der Waals surface area contributed by atoms with E-state index < -0.39 is 28.1 Å². The lowest BCUT2D eigenvalue weighted by Gasteiger charge is -2.20. The number of aromatic nitrogens is 1. The van der Waals surface area contributed by atoms with Gasteiger partial charge in [0.15, 0.2) is 0 Å². The highest BCUT2D eigenvalue weighted by molar-refractivity contribution is 9.11. The SMILES string of the molecule is CN(Cc1ccccc1)c1ncc(NS(=O)(=O)c2ccc(Br)s2)cc1C(=O)O.O=C(O)C(F)(F)F. The van der Waals surface area contributed by atoms with Gasteiger partial charge in [0.2, 0.25) is 0 Å². The molecule has 2 heterocycles. The van der Waals surface area contributed by atoms with E-state index in [-0.39, 0.29) is 21.3 Å². The number of aromatic carboxylic acids is 1. The maximum atomic E-state index is 12.4. The Labute approximate surface area is 210 Å². The third kappa shape index (κ3) is 8.22. The molecule has 9 nitrogen and oxygen atoms in total. The summed E-state index contributed by atoms with van der Waals surface area (Å²) in [4.78, 5) is 26.5. The van der Waals surface area contributed by atoms with Crippen LogP contribution in [0.2, 0.25) is 0 Å². The number of thiophene rings is 1. The van der Waals surface area contributed by atoms with Crippen molar-refractivity contribution in [3.63, 3.8) is 0 Å². The van der Waals surface area contributed by atoms with Crippen LogP contribution >= 0.6 is 27.3 Å². The van der Waals surface area contributed by atoms with E-state index in [4.69, 9.17) is 9.90 Å². The Morgan fingerprint density at radius 2 is 1.74 bits per heavy atom. The predicted octanol–water partition coefficient (Wildman–Crippen LogP) is 4.67. The zero-order valence-corrected chi connectivity index (χ0v) is 20.9. The number of alkyl halides is 3. The number of benzene rings is 1. The Morgan fingerprint density at radius 1 is 1.14 bits per heavy atom. The molecule has 0 amide bonds. The zero-order chi connectivity index (χ0) is 26.4. The van der Waals surface area contributed by atoms with Crippen molar-refractivity contribution in [2.24, 2.45) is 0 Å². The van der Waals surface area contributed by atoms with Crippen LogP contribution in [0.25, 0.3) is 0 Å². The summed E-state index contributed by atoms with van der Waals surface area (Å²) in [5.41, 5.74) is 0.987. The first-order valence-electron chi connectivity index (χ1n) is 9.27. The molecule has 0 radical (unpaired) electrons. The standard InChI is InChI=1S/C18H16BrN3O4S2.C2HF3O2/c1-22(11-12-5-3-2-4-6-12)17-14(18(23)24)9-13(10-20-17)21-28(25,26)16-8-7-15(19)27-16;3-2(4,5)1(6)7/h2-10,21H,11H2,1H3,(H,23,24);(H,6,7). The smallest absolute Gasteiger partial charge is 0.478 e. The normalized spacial score (nSPS) is 11.2. The number of anilines is 2. The number of nitrogens with zero attached hydrogens (tertiary/aromatic N) is 2. The van der Waals surface area contributed by atoms with Crippen molar-refractivity contribution in [2.75, 3.05) is 16.7 Å². The van der Waals surface area contributed by atoms with Crippen molar-refractivity contribution < 1.29 is 41.4 Å². The minimum absolute atomic E-state index is 0.0822. The molecule has 0 fully saturated rings. The van der Waals surface area contributed by atoms with Gasteiger partial charge < -0.3 is 15.1 Å². The van der Waals surface area contributed by atoms with E-state index in [1.54, 1.807) is 18.0 Å². The number of pyridine rings is 1. The van der Waals surface area contributed by atoms with E-state index in [0.717, 1.165) is 16.9 Å². The van der Waals surface area contributed by atoms with Crippen molar-refractivity contribution in [1.82, 2.24) is 4.98 Å². The van der Waals surface area contributed by atoms with Gasteiger partial charge >= 0.3 is 18.1 Å². The fraction of sp³-hybridized carbons (Fsp3) is 0.150. The summed E-state index contributed by atoms with van der Waals surface area (Å²) in [6, 6.07) is 13.9. The van der Waals surface area contributed by atoms with Crippen LogP contribution in [-0.4, -0.2) is 48.8 Å². The maximum Gasteiger partial charge on any atom is 0.490 e. The van der Waals surface area contributed by atoms with Crippen LogP contribution in [0.1, 0.15) is 15.9 Å². The van der Waals surface area contributed by atoms with E-state index in [0.29, 0.717) is 10.3 Å². The van der Waals surface area contributed by atoms with Gasteiger partial charge in [-0.2, -0.15) is 13.2 Å². The molecule has 2 aromatic heterocycles. The minimum Gasteiger partial charge on any atom is -0.478 e. The third-order valence-corrected chi connectivity index (χ3v) is 7.53. The van der Waals surface area contributed by atoms with E-state index in [2.05, 4.69) is 25.6 Å². The summed E-state index contributed by atoms with van der Waals surface area (Å²) in [6.07, 6.45) is -3.77. The molecule has 15 heteroatoms. The molecule has 0 bridgehead atoms. The number of carbonyl (C=O) groups is 2. The fourth-order valence-corrected chi connectivity index (χ4v) is 5.60. The molecule has 35 heavy (non-hydrogen) atoms. The van der Waals surface area contributed by atoms with Crippen LogP contribution in [0.15, 0.2) is 62.7 Å². The number of halogens is 4. The van der Waals surface area contributed by atoms with Gasteiger partial charge in [0.05, 0.1) is 15.7 Å². The summed E-state index contributed by atoms with van der Waals surface area (Å²) in [7, 11) is -2.09. The average Bonchev–Trinajstić information content (AvgIpc) is 3.21. The second-order valence-corrected chi connectivity index (χ2v) is 11.1. The summed E-state index contributed by atoms with van der Waals surface area (Å²) in [6.45, 7) is 0.461. The lowest BCUT2D eigenvalue weighted by Crippen LogP contribution is -2.21. The topological polar surface area (TPSA) is 137 Å². The van der Waals surface area contributed by atoms with Crippen molar-refractivity contribution in [3.8, 4) is 0 Å². The molecule has 0 saturated heterocycles. The first-order chi connectivity index (χ1) is 16.2. The second-order valence-electron chi connectivity index (χ2n) is 6.71. The molecule has 1 aromatic carbocycles. The Kier molecular flexibility index (Phi) is 9.23. The summed E-state index contributed by atoms with van der Waals surface area (Å²) < 4.78 is 59.8. The fourth-order valence-electron chi connectivity index (χ4n) is 2.55. The van der Waals surface area contributed by atoms with E-state index in [9.17, 15) is 31.5 Å². The highest BCUT2D eigenvalue weighted by Gasteiger charge is 2.38. The molecule has 0 aliphatic carbocycles. The summed E-state index contributed by atoms with van der Waals surface area (Å²) in [5, 5.41) is 16.7. The van der Waals surface area contributed by atoms with Gasteiger partial charge in [0, 0.05) is 13.6 Å². The molecule has 0 saturated carbocycles. The molecule has 188 valence electrons. The average molecular weight is 596 g/mol. The number of aliphatic carboxylic acids is 1. The van der Waals surface area contributed by atoms with Crippen molar-refractivity contribution >= 4 is 60.7 Å². The second kappa shape index (κ2) is 11.5. The lowest BCUT2D eigenvalue weighted by atomic mass is 10.2. The number of rotatable bonds is 7. The van der Waals surface area contributed by atoms with Gasteiger partial charge in [-0.1, -0.05) is 30.3 Å². The van der Waals surface area contributed by atoms with E-state index in [1.807, 2.05) is 30.3 Å². The van der Waals surface area contributed by atoms with Crippen molar-refractivity contribution in [3.05, 3.63) is 69.6 Å². The summed E-state index contributed by atoms with van der Waals surface area (Å²) >= 11 is 4.28. The van der Waals surface area contributed by atoms with Crippen molar-refractivity contribution in [2.45, 2.75) is 16.9 Å². The number of hydrogen-bond donors (Lipinski definition) is 3. The van der Waals surface area contributed by atoms with Gasteiger partial charge in [-0.25, -0.2) is 23.0 Å². The molecule has 3 N–H and O–H groups in total. The molecule has 3 aromatic rings. The van der Waals surface area contributed by atoms with Gasteiger partial charge in [0.25, 0.3) is 10.0 Å². The lowest BCUT2D eigenvalue weighted by molar-refractivity contribution is -0.192. The van der Waals surface area contributed by atoms with Gasteiger partial charge in [-0.05, 0) is 39.7 Å². The third-order valence-electron chi connectivity index (χ3n) is 4.03. The molecular formula is C20H17BrF3N3O6S2. The molecule has 3 rings (SSSR count). The van der Waals surface area contributed by atoms with Crippen LogP contribution in [0.5, 0.6) is 0 Å². The van der Waals surface area contributed by atoms with Crippen LogP contribution in [0.3, 0.4) is 0 Å². The van der Waals surface area contributed by atoms with Gasteiger partial charge in [-0.15, -0.1) is 11.3 Å². The van der Waals surface area contributed by atoms with E-state index in [1.165, 1.54) is 18.3 Å². The quantitative estimate of drug-likeness (QED) is 0.358. The molecule has 0 unspecified atom stereocenters. The monoisotopic (exact) mass is 595 g/mol. The number of hydrogen-bond acceptors (Lipinski definition) is 7.